The van der Waals surface area contributed by atoms with E-state index in [2.05, 4.69) is 38.0 Å². The van der Waals surface area contributed by atoms with Crippen molar-refractivity contribution in [2.45, 2.75) is 58.9 Å². The minimum absolute atomic E-state index is 0.735. The maximum atomic E-state index is 3.57. The molecule has 102 valence electrons. The first-order valence-electron chi connectivity index (χ1n) is 7.60. The van der Waals surface area contributed by atoms with Crippen molar-refractivity contribution >= 4 is 0 Å². The molecule has 1 rings (SSSR count). The molecule has 0 amide bonds. The van der Waals surface area contributed by atoms with Crippen LogP contribution in [0.25, 0.3) is 0 Å². The van der Waals surface area contributed by atoms with Gasteiger partial charge >= 0.3 is 0 Å². The zero-order valence-corrected chi connectivity index (χ0v) is 12.3. The maximum Gasteiger partial charge on any atom is 0.0105 e. The third-order valence-corrected chi connectivity index (χ3v) is 4.57. The summed E-state index contributed by atoms with van der Waals surface area (Å²) >= 11 is 0. The van der Waals surface area contributed by atoms with Gasteiger partial charge in [0.1, 0.15) is 0 Å². The molecular weight excluding hydrogens is 208 g/mol. The van der Waals surface area contributed by atoms with E-state index in [9.17, 15) is 0 Å². The van der Waals surface area contributed by atoms with E-state index >= 15 is 0 Å². The number of hydrogen-bond acceptors (Lipinski definition) is 2. The largest absolute Gasteiger partial charge is 0.317 e. The summed E-state index contributed by atoms with van der Waals surface area (Å²) in [6, 6.07) is 0.735. The molecule has 0 aliphatic heterocycles. The van der Waals surface area contributed by atoms with Gasteiger partial charge in [0, 0.05) is 6.04 Å². The summed E-state index contributed by atoms with van der Waals surface area (Å²) in [5, 5.41) is 3.57. The Kier molecular flexibility index (Phi) is 7.14. The second-order valence-electron chi connectivity index (χ2n) is 5.74. The maximum absolute atomic E-state index is 3.57. The Labute approximate surface area is 108 Å². The lowest BCUT2D eigenvalue weighted by Crippen LogP contribution is -2.39. The van der Waals surface area contributed by atoms with E-state index in [4.69, 9.17) is 0 Å². The molecule has 2 heteroatoms. The summed E-state index contributed by atoms with van der Waals surface area (Å²) in [4.78, 5) is 2.54. The Morgan fingerprint density at radius 1 is 1.24 bits per heavy atom. The normalized spacial score (nSPS) is 27.4. The molecule has 3 atom stereocenters. The molecule has 1 fully saturated rings. The van der Waals surface area contributed by atoms with Gasteiger partial charge in [-0.3, -0.25) is 0 Å². The highest BCUT2D eigenvalue weighted by Gasteiger charge is 2.25. The van der Waals surface area contributed by atoms with Crippen LogP contribution in [0.15, 0.2) is 0 Å². The summed E-state index contributed by atoms with van der Waals surface area (Å²) in [5.41, 5.74) is 0. The quantitative estimate of drug-likeness (QED) is 0.735. The zero-order valence-electron chi connectivity index (χ0n) is 12.3. The van der Waals surface area contributed by atoms with Crippen LogP contribution in [0.1, 0.15) is 52.9 Å². The Bertz CT molecular complexity index is 189. The summed E-state index contributed by atoms with van der Waals surface area (Å²) < 4.78 is 0. The Morgan fingerprint density at radius 2 is 1.94 bits per heavy atom. The highest BCUT2D eigenvalue weighted by atomic mass is 15.1. The van der Waals surface area contributed by atoms with Crippen LogP contribution in [-0.2, 0) is 0 Å². The average molecular weight is 240 g/mol. The van der Waals surface area contributed by atoms with Crippen LogP contribution in [0, 0.1) is 11.8 Å². The van der Waals surface area contributed by atoms with E-state index in [1.165, 1.54) is 51.7 Å². The molecule has 1 aliphatic rings. The highest BCUT2D eigenvalue weighted by Crippen LogP contribution is 2.31. The lowest BCUT2D eigenvalue weighted by atomic mass is 9.78. The van der Waals surface area contributed by atoms with Crippen LogP contribution in [0.5, 0.6) is 0 Å². The van der Waals surface area contributed by atoms with Gasteiger partial charge < -0.3 is 10.2 Å². The number of hydrogen-bond donors (Lipinski definition) is 1. The van der Waals surface area contributed by atoms with Gasteiger partial charge in [-0.25, -0.2) is 0 Å². The number of nitrogens with one attached hydrogen (secondary N) is 1. The van der Waals surface area contributed by atoms with Crippen molar-refractivity contribution in [2.24, 2.45) is 11.8 Å². The van der Waals surface area contributed by atoms with Gasteiger partial charge in [0.05, 0.1) is 0 Å². The monoisotopic (exact) mass is 240 g/mol. The molecule has 0 radical (unpaired) electrons. The third kappa shape index (κ3) is 4.97. The second kappa shape index (κ2) is 8.10. The molecule has 0 aromatic rings. The van der Waals surface area contributed by atoms with Gasteiger partial charge in [-0.15, -0.1) is 0 Å². The van der Waals surface area contributed by atoms with E-state index in [-0.39, 0.29) is 0 Å². The van der Waals surface area contributed by atoms with Crippen LogP contribution in [0.3, 0.4) is 0 Å². The minimum Gasteiger partial charge on any atom is -0.317 e. The van der Waals surface area contributed by atoms with E-state index in [1.807, 2.05) is 0 Å². The van der Waals surface area contributed by atoms with E-state index in [0.717, 1.165) is 17.9 Å². The third-order valence-electron chi connectivity index (χ3n) is 4.57. The second-order valence-corrected chi connectivity index (χ2v) is 5.74. The lowest BCUT2D eigenvalue weighted by Gasteiger charge is -2.34. The van der Waals surface area contributed by atoms with Crippen LogP contribution >= 0.6 is 0 Å². The van der Waals surface area contributed by atoms with Crippen molar-refractivity contribution in [1.29, 1.82) is 0 Å². The molecule has 0 saturated heterocycles. The van der Waals surface area contributed by atoms with Crippen molar-refractivity contribution < 1.29 is 0 Å². The molecule has 1 saturated carbocycles. The first kappa shape index (κ1) is 15.0. The van der Waals surface area contributed by atoms with Gasteiger partial charge in [0.2, 0.25) is 0 Å². The standard InChI is InChI=1S/C15H32N2/c1-5-17(6-2)11-10-15(16-4)14-9-7-8-13(3)12-14/h13-16H,5-12H2,1-4H3. The molecule has 1 aliphatic carbocycles. The first-order valence-corrected chi connectivity index (χ1v) is 7.60. The summed E-state index contributed by atoms with van der Waals surface area (Å²) in [7, 11) is 2.15. The highest BCUT2D eigenvalue weighted by molar-refractivity contribution is 4.81. The van der Waals surface area contributed by atoms with E-state index in [0.29, 0.717) is 0 Å². The SMILES string of the molecule is CCN(CC)CCC(NC)C1CCCC(C)C1. The predicted molar refractivity (Wildman–Crippen MR) is 76.4 cm³/mol. The van der Waals surface area contributed by atoms with E-state index in [1.54, 1.807) is 0 Å². The van der Waals surface area contributed by atoms with Crippen LogP contribution in [-0.4, -0.2) is 37.6 Å². The Hall–Kier alpha value is -0.0800. The number of rotatable bonds is 7. The summed E-state index contributed by atoms with van der Waals surface area (Å²) in [6.45, 7) is 10.6. The molecule has 0 aromatic carbocycles. The Morgan fingerprint density at radius 3 is 2.47 bits per heavy atom. The fourth-order valence-electron chi connectivity index (χ4n) is 3.32. The molecule has 0 aromatic heterocycles. The first-order chi connectivity index (χ1) is 8.21. The molecular formula is C15H32N2. The predicted octanol–water partition coefficient (Wildman–Crippen LogP) is 3.13. The molecule has 2 nitrogen and oxygen atoms in total. The minimum atomic E-state index is 0.735. The topological polar surface area (TPSA) is 15.3 Å². The molecule has 1 N–H and O–H groups in total. The van der Waals surface area contributed by atoms with E-state index < -0.39 is 0 Å². The van der Waals surface area contributed by atoms with Crippen molar-refractivity contribution in [3.8, 4) is 0 Å². The van der Waals surface area contributed by atoms with Crippen molar-refractivity contribution in [1.82, 2.24) is 10.2 Å². The fourth-order valence-corrected chi connectivity index (χ4v) is 3.32. The summed E-state index contributed by atoms with van der Waals surface area (Å²) in [5.74, 6) is 1.86. The van der Waals surface area contributed by atoms with Crippen molar-refractivity contribution in [3.63, 3.8) is 0 Å². The van der Waals surface area contributed by atoms with Gasteiger partial charge in [0.15, 0.2) is 0 Å². The molecule has 17 heavy (non-hydrogen) atoms. The molecule has 0 bridgehead atoms. The molecule has 3 unspecified atom stereocenters. The van der Waals surface area contributed by atoms with Gasteiger partial charge in [-0.2, -0.15) is 0 Å². The van der Waals surface area contributed by atoms with Crippen LogP contribution in [0.4, 0.5) is 0 Å². The zero-order chi connectivity index (χ0) is 12.7. The molecule has 0 spiro atoms. The van der Waals surface area contributed by atoms with Gasteiger partial charge in [-0.05, 0) is 57.8 Å². The Balaban J connectivity index is 2.36. The van der Waals surface area contributed by atoms with Crippen LogP contribution < -0.4 is 5.32 Å². The van der Waals surface area contributed by atoms with Crippen molar-refractivity contribution in [2.75, 3.05) is 26.7 Å². The van der Waals surface area contributed by atoms with Crippen molar-refractivity contribution in [3.05, 3.63) is 0 Å². The van der Waals surface area contributed by atoms with Crippen LogP contribution in [0.2, 0.25) is 0 Å². The molecule has 0 heterocycles. The van der Waals surface area contributed by atoms with Gasteiger partial charge in [-0.1, -0.05) is 33.6 Å². The summed E-state index contributed by atoms with van der Waals surface area (Å²) in [6.07, 6.45) is 7.08. The average Bonchev–Trinajstić information content (AvgIpc) is 2.35. The smallest absolute Gasteiger partial charge is 0.0105 e. The fraction of sp³-hybridized carbons (Fsp3) is 1.00. The lowest BCUT2D eigenvalue weighted by molar-refractivity contribution is 0.200. The van der Waals surface area contributed by atoms with Gasteiger partial charge in [0.25, 0.3) is 0 Å². The number of nitrogens with zero attached hydrogens (tertiary/aromatic N) is 1.